The summed E-state index contributed by atoms with van der Waals surface area (Å²) in [7, 11) is 0. The monoisotopic (exact) mass is 170 g/mol. The number of nitrogens with zero attached hydrogens (tertiary/aromatic N) is 2. The number of rotatable bonds is 2. The molecule has 2 rings (SSSR count). The zero-order valence-electron chi connectivity index (χ0n) is 6.40. The van der Waals surface area contributed by atoms with Crippen molar-refractivity contribution in [3.8, 4) is 0 Å². The van der Waals surface area contributed by atoms with E-state index in [4.69, 9.17) is 9.94 Å². The Labute approximate surface area is 68.9 Å². The zero-order valence-corrected chi connectivity index (χ0v) is 6.40. The summed E-state index contributed by atoms with van der Waals surface area (Å²) in [5.41, 5.74) is 3.48. The predicted octanol–water partition coefficient (Wildman–Crippen LogP) is -0.868. The summed E-state index contributed by atoms with van der Waals surface area (Å²) in [5.74, 6) is 0. The van der Waals surface area contributed by atoms with E-state index in [1.165, 1.54) is 0 Å². The van der Waals surface area contributed by atoms with Gasteiger partial charge in [0.2, 0.25) is 0 Å². The minimum Gasteiger partial charge on any atom is -0.395 e. The molecule has 0 aromatic carbocycles. The summed E-state index contributed by atoms with van der Waals surface area (Å²) in [6.45, 7) is 0.0777. The molecule has 0 amide bonds. The van der Waals surface area contributed by atoms with E-state index in [-0.39, 0.29) is 18.8 Å². The first-order chi connectivity index (χ1) is 5.90. The summed E-state index contributed by atoms with van der Waals surface area (Å²) < 4.78 is 0. The Bertz CT molecular complexity index is 238. The molecule has 12 heavy (non-hydrogen) atoms. The van der Waals surface area contributed by atoms with Crippen LogP contribution in [-0.4, -0.2) is 33.2 Å². The van der Waals surface area contributed by atoms with Gasteiger partial charge in [0.15, 0.2) is 0 Å². The highest BCUT2D eigenvalue weighted by molar-refractivity contribution is 4.99. The summed E-state index contributed by atoms with van der Waals surface area (Å²) in [6.07, 6.45) is 2.25. The fraction of sp³-hybridized carbons (Fsp3) is 0.667. The maximum atomic E-state index is 8.79. The van der Waals surface area contributed by atoms with Crippen LogP contribution in [0, 0.1) is 0 Å². The SMILES string of the molecule is OCC1CC(c2cn[nH]n2)ON1. The van der Waals surface area contributed by atoms with Crippen LogP contribution in [0.1, 0.15) is 18.2 Å². The van der Waals surface area contributed by atoms with Crippen molar-refractivity contribution in [3.63, 3.8) is 0 Å². The van der Waals surface area contributed by atoms with Crippen LogP contribution in [0.5, 0.6) is 0 Å². The molecule has 6 heteroatoms. The van der Waals surface area contributed by atoms with Gasteiger partial charge in [-0.05, 0) is 0 Å². The third-order valence-electron chi connectivity index (χ3n) is 1.86. The smallest absolute Gasteiger partial charge is 0.126 e. The number of aliphatic hydroxyl groups excluding tert-OH is 1. The number of H-pyrrole nitrogens is 1. The number of aromatic nitrogens is 3. The molecule has 1 aromatic rings. The highest BCUT2D eigenvalue weighted by Gasteiger charge is 2.27. The summed E-state index contributed by atoms with van der Waals surface area (Å²) in [4.78, 5) is 5.17. The molecule has 2 atom stereocenters. The average Bonchev–Trinajstić information content (AvgIpc) is 2.75. The van der Waals surface area contributed by atoms with Gasteiger partial charge in [-0.15, -0.1) is 0 Å². The second-order valence-corrected chi connectivity index (χ2v) is 2.73. The van der Waals surface area contributed by atoms with Crippen LogP contribution in [0.3, 0.4) is 0 Å². The normalized spacial score (nSPS) is 29.4. The highest BCUT2D eigenvalue weighted by atomic mass is 16.7. The third kappa shape index (κ3) is 1.31. The molecule has 1 saturated heterocycles. The van der Waals surface area contributed by atoms with Crippen LogP contribution in [0.2, 0.25) is 0 Å². The molecule has 2 heterocycles. The maximum Gasteiger partial charge on any atom is 0.126 e. The zero-order chi connectivity index (χ0) is 8.39. The maximum absolute atomic E-state index is 8.79. The Morgan fingerprint density at radius 3 is 3.25 bits per heavy atom. The van der Waals surface area contributed by atoms with Gasteiger partial charge >= 0.3 is 0 Å². The minimum atomic E-state index is -0.0964. The molecule has 1 fully saturated rings. The molecule has 2 unspecified atom stereocenters. The molecule has 1 aliphatic rings. The standard InChI is InChI=1S/C6H10N4O2/c11-3-4-1-6(12-9-4)5-2-7-10-8-5/h2,4,6,9,11H,1,3H2,(H,7,8,10). The average molecular weight is 170 g/mol. The van der Waals surface area contributed by atoms with E-state index < -0.39 is 0 Å². The lowest BCUT2D eigenvalue weighted by atomic mass is 10.1. The molecule has 0 saturated carbocycles. The molecule has 0 spiro atoms. The molecule has 3 N–H and O–H groups in total. The van der Waals surface area contributed by atoms with Gasteiger partial charge in [-0.3, -0.25) is 4.84 Å². The number of hydrogen-bond acceptors (Lipinski definition) is 5. The Kier molecular flexibility index (Phi) is 2.03. The number of aliphatic hydroxyl groups is 1. The summed E-state index contributed by atoms with van der Waals surface area (Å²) in [6, 6.07) is 0.00620. The van der Waals surface area contributed by atoms with E-state index in [0.29, 0.717) is 0 Å². The van der Waals surface area contributed by atoms with E-state index in [1.807, 2.05) is 0 Å². The summed E-state index contributed by atoms with van der Waals surface area (Å²) >= 11 is 0. The van der Waals surface area contributed by atoms with Crippen molar-refractivity contribution < 1.29 is 9.94 Å². The topological polar surface area (TPSA) is 83.1 Å². The van der Waals surface area contributed by atoms with Crippen LogP contribution in [-0.2, 0) is 4.84 Å². The van der Waals surface area contributed by atoms with Crippen molar-refractivity contribution in [2.45, 2.75) is 18.6 Å². The molecule has 6 nitrogen and oxygen atoms in total. The number of aromatic amines is 1. The van der Waals surface area contributed by atoms with Crippen molar-refractivity contribution in [1.29, 1.82) is 0 Å². The third-order valence-corrected chi connectivity index (χ3v) is 1.86. The van der Waals surface area contributed by atoms with Crippen LogP contribution < -0.4 is 5.48 Å². The molecule has 1 aromatic heterocycles. The van der Waals surface area contributed by atoms with Gasteiger partial charge in [0.25, 0.3) is 0 Å². The lowest BCUT2D eigenvalue weighted by molar-refractivity contribution is 0.0184. The highest BCUT2D eigenvalue weighted by Crippen LogP contribution is 2.23. The number of nitrogens with one attached hydrogen (secondary N) is 2. The van der Waals surface area contributed by atoms with E-state index in [1.54, 1.807) is 6.20 Å². The molecular formula is C6H10N4O2. The number of hydroxylamine groups is 1. The fourth-order valence-corrected chi connectivity index (χ4v) is 1.19. The molecule has 0 aliphatic carbocycles. The lowest BCUT2D eigenvalue weighted by Gasteiger charge is -2.00. The Balaban J connectivity index is 2.00. The van der Waals surface area contributed by atoms with Gasteiger partial charge in [0.1, 0.15) is 11.8 Å². The van der Waals surface area contributed by atoms with Crippen molar-refractivity contribution in [2.75, 3.05) is 6.61 Å². The second kappa shape index (κ2) is 3.18. The summed E-state index contributed by atoms with van der Waals surface area (Å²) in [5, 5.41) is 18.9. The van der Waals surface area contributed by atoms with Gasteiger partial charge in [0, 0.05) is 6.42 Å². The van der Waals surface area contributed by atoms with Crippen molar-refractivity contribution in [3.05, 3.63) is 11.9 Å². The Morgan fingerprint density at radius 2 is 2.67 bits per heavy atom. The minimum absolute atomic E-state index is 0.00620. The molecule has 0 bridgehead atoms. The lowest BCUT2D eigenvalue weighted by Crippen LogP contribution is -2.23. The number of hydrogen-bond donors (Lipinski definition) is 3. The van der Waals surface area contributed by atoms with Crippen LogP contribution in [0.15, 0.2) is 6.20 Å². The Morgan fingerprint density at radius 1 is 1.75 bits per heavy atom. The molecule has 0 radical (unpaired) electrons. The van der Waals surface area contributed by atoms with Gasteiger partial charge in [-0.25, -0.2) is 0 Å². The van der Waals surface area contributed by atoms with Crippen LogP contribution in [0.4, 0.5) is 0 Å². The molecule has 66 valence electrons. The van der Waals surface area contributed by atoms with Crippen LogP contribution >= 0.6 is 0 Å². The van der Waals surface area contributed by atoms with Crippen molar-refractivity contribution >= 4 is 0 Å². The van der Waals surface area contributed by atoms with Gasteiger partial charge in [-0.2, -0.15) is 20.9 Å². The van der Waals surface area contributed by atoms with E-state index >= 15 is 0 Å². The van der Waals surface area contributed by atoms with Gasteiger partial charge in [0.05, 0.1) is 18.8 Å². The predicted molar refractivity (Wildman–Crippen MR) is 38.8 cm³/mol. The van der Waals surface area contributed by atoms with Crippen LogP contribution in [0.25, 0.3) is 0 Å². The van der Waals surface area contributed by atoms with Gasteiger partial charge in [-0.1, -0.05) is 0 Å². The van der Waals surface area contributed by atoms with E-state index in [0.717, 1.165) is 12.1 Å². The first-order valence-corrected chi connectivity index (χ1v) is 3.78. The molecule has 1 aliphatic heterocycles. The quantitative estimate of drug-likeness (QED) is 0.537. The second-order valence-electron chi connectivity index (χ2n) is 2.73. The van der Waals surface area contributed by atoms with E-state index in [9.17, 15) is 0 Å². The van der Waals surface area contributed by atoms with E-state index in [2.05, 4.69) is 20.9 Å². The Hall–Kier alpha value is -0.980. The largest absolute Gasteiger partial charge is 0.395 e. The van der Waals surface area contributed by atoms with Crippen molar-refractivity contribution in [2.24, 2.45) is 0 Å². The first-order valence-electron chi connectivity index (χ1n) is 3.78. The molecular weight excluding hydrogens is 160 g/mol. The van der Waals surface area contributed by atoms with Crippen molar-refractivity contribution in [1.82, 2.24) is 20.9 Å². The first kappa shape index (κ1) is 7.66. The fourth-order valence-electron chi connectivity index (χ4n) is 1.19. The van der Waals surface area contributed by atoms with Gasteiger partial charge < -0.3 is 5.11 Å².